The Morgan fingerprint density at radius 3 is 2.27 bits per heavy atom. The predicted octanol–water partition coefficient (Wildman–Crippen LogP) is 1.02. The molecule has 1 rings (SSSR count). The Labute approximate surface area is 109 Å². The van der Waals surface area contributed by atoms with E-state index >= 15 is 0 Å². The molecule has 0 saturated heterocycles. The SMILES string of the molecule is [KH].[O-][N+](=NO)C1CCCCC1. The van der Waals surface area contributed by atoms with Crippen molar-refractivity contribution in [2.75, 3.05) is 0 Å². The summed E-state index contributed by atoms with van der Waals surface area (Å²) in [6.07, 6.45) is 5.11. The van der Waals surface area contributed by atoms with Gasteiger partial charge in [0, 0.05) is 12.8 Å². The summed E-state index contributed by atoms with van der Waals surface area (Å²) in [5.41, 5.74) is 0. The van der Waals surface area contributed by atoms with Crippen molar-refractivity contribution < 1.29 is 10.1 Å². The van der Waals surface area contributed by atoms with Crippen molar-refractivity contribution in [2.24, 2.45) is 5.28 Å². The van der Waals surface area contributed by atoms with Crippen LogP contribution in [-0.4, -0.2) is 67.5 Å². The largest absolute Gasteiger partial charge is 0.597 e. The summed E-state index contributed by atoms with van der Waals surface area (Å²) >= 11 is 0. The van der Waals surface area contributed by atoms with Gasteiger partial charge in [-0.05, 0) is 12.8 Å². The minimum absolute atomic E-state index is 0. The average molecular weight is 184 g/mol. The fraction of sp³-hybridized carbons (Fsp3) is 1.00. The Morgan fingerprint density at radius 1 is 1.27 bits per heavy atom. The molecule has 1 aliphatic rings. The van der Waals surface area contributed by atoms with Gasteiger partial charge in [-0.2, -0.15) is 0 Å². The molecule has 0 unspecified atom stereocenters. The zero-order chi connectivity index (χ0) is 7.40. The fourth-order valence-corrected chi connectivity index (χ4v) is 1.37. The van der Waals surface area contributed by atoms with Crippen molar-refractivity contribution in [1.82, 2.24) is 0 Å². The Balaban J connectivity index is 0.000001000. The third-order valence-electron chi connectivity index (χ3n) is 1.98. The van der Waals surface area contributed by atoms with E-state index in [0.29, 0.717) is 4.86 Å². The minimum Gasteiger partial charge on any atom is -0.597 e. The second-order valence-electron chi connectivity index (χ2n) is 2.68. The molecule has 0 bridgehead atoms. The number of rotatable bonds is 1. The van der Waals surface area contributed by atoms with Crippen molar-refractivity contribution in [3.63, 3.8) is 0 Å². The molecule has 1 aliphatic carbocycles. The summed E-state index contributed by atoms with van der Waals surface area (Å²) in [5, 5.41) is 21.4. The van der Waals surface area contributed by atoms with Crippen LogP contribution in [0.2, 0.25) is 0 Å². The topological polar surface area (TPSA) is 58.7 Å². The summed E-state index contributed by atoms with van der Waals surface area (Å²) in [6.45, 7) is 0. The van der Waals surface area contributed by atoms with Crippen molar-refractivity contribution >= 4 is 51.4 Å². The molecule has 5 heteroatoms. The maximum Gasteiger partial charge on any atom is 0.197 e. The molecule has 0 atom stereocenters. The molecular weight excluding hydrogens is 171 g/mol. The van der Waals surface area contributed by atoms with E-state index in [9.17, 15) is 5.21 Å². The molecule has 1 fully saturated rings. The van der Waals surface area contributed by atoms with E-state index in [4.69, 9.17) is 5.21 Å². The monoisotopic (exact) mass is 184 g/mol. The first-order valence-corrected chi connectivity index (χ1v) is 3.66. The van der Waals surface area contributed by atoms with Gasteiger partial charge in [-0.15, -0.1) is 0 Å². The Bertz CT molecular complexity index is 135. The first kappa shape index (κ1) is 11.8. The molecular formula is C6H13KN2O2. The number of hydrogen-bond donors (Lipinski definition) is 1. The average Bonchev–Trinajstić information content (AvgIpc) is 2.05. The van der Waals surface area contributed by atoms with Gasteiger partial charge in [-0.3, -0.25) is 0 Å². The third-order valence-corrected chi connectivity index (χ3v) is 1.98. The molecule has 0 aliphatic heterocycles. The van der Waals surface area contributed by atoms with Crippen LogP contribution in [0.3, 0.4) is 0 Å². The minimum atomic E-state index is -0.0706. The van der Waals surface area contributed by atoms with Gasteiger partial charge in [0.15, 0.2) is 11.3 Å². The van der Waals surface area contributed by atoms with Crippen LogP contribution in [0.25, 0.3) is 0 Å². The Morgan fingerprint density at radius 2 is 1.82 bits per heavy atom. The normalized spacial score (nSPS) is 20.9. The molecule has 0 amide bonds. The zero-order valence-corrected chi connectivity index (χ0v) is 5.86. The molecule has 0 spiro atoms. The smallest absolute Gasteiger partial charge is 0.197 e. The van der Waals surface area contributed by atoms with Gasteiger partial charge in [0.25, 0.3) is 0 Å². The number of hydroxylamine groups is 1. The van der Waals surface area contributed by atoms with Crippen LogP contribution >= 0.6 is 0 Å². The summed E-state index contributed by atoms with van der Waals surface area (Å²) in [7, 11) is 0. The van der Waals surface area contributed by atoms with E-state index in [0.717, 1.165) is 25.7 Å². The molecule has 0 radical (unpaired) electrons. The molecule has 0 heterocycles. The van der Waals surface area contributed by atoms with Crippen LogP contribution in [0, 0.1) is 5.21 Å². The van der Waals surface area contributed by atoms with Gasteiger partial charge >= 0.3 is 51.4 Å². The van der Waals surface area contributed by atoms with Crippen molar-refractivity contribution in [3.05, 3.63) is 5.21 Å². The summed E-state index contributed by atoms with van der Waals surface area (Å²) in [4.78, 5) is 0.416. The van der Waals surface area contributed by atoms with E-state index in [1.54, 1.807) is 0 Å². The van der Waals surface area contributed by atoms with E-state index in [1.807, 2.05) is 0 Å². The number of nitrogens with zero attached hydrogens (tertiary/aromatic N) is 2. The van der Waals surface area contributed by atoms with Crippen molar-refractivity contribution in [3.8, 4) is 0 Å². The van der Waals surface area contributed by atoms with Gasteiger partial charge in [-0.25, -0.2) is 0 Å². The van der Waals surface area contributed by atoms with Gasteiger partial charge in [0.05, 0.1) is 0 Å². The van der Waals surface area contributed by atoms with Crippen molar-refractivity contribution in [2.45, 2.75) is 38.1 Å². The molecule has 11 heavy (non-hydrogen) atoms. The fourth-order valence-electron chi connectivity index (χ4n) is 1.37. The van der Waals surface area contributed by atoms with Crippen LogP contribution in [-0.2, 0) is 0 Å². The van der Waals surface area contributed by atoms with E-state index < -0.39 is 0 Å². The van der Waals surface area contributed by atoms with Crippen molar-refractivity contribution in [1.29, 1.82) is 0 Å². The van der Waals surface area contributed by atoms with Crippen LogP contribution in [0.5, 0.6) is 0 Å². The Kier molecular flexibility index (Phi) is 6.85. The maximum absolute atomic E-state index is 10.7. The molecule has 0 aromatic rings. The molecule has 4 nitrogen and oxygen atoms in total. The molecule has 0 aromatic heterocycles. The second kappa shape index (κ2) is 6.36. The first-order chi connectivity index (χ1) is 4.84. The molecule has 60 valence electrons. The molecule has 1 saturated carbocycles. The zero-order valence-electron chi connectivity index (χ0n) is 5.86. The first-order valence-electron chi connectivity index (χ1n) is 3.66. The predicted molar refractivity (Wildman–Crippen MR) is 41.9 cm³/mol. The summed E-state index contributed by atoms with van der Waals surface area (Å²) in [6, 6.07) is -0.0706. The second-order valence-corrected chi connectivity index (χ2v) is 2.68. The van der Waals surface area contributed by atoms with Crippen LogP contribution in [0.4, 0.5) is 0 Å². The molecule has 1 N–H and O–H groups in total. The standard InChI is InChI=1S/C6H12N2O2.K.H/c9-7-8(10)6-4-2-1-3-5-6;;/h6,9H,1-5H2;;. The number of hydrogen-bond acceptors (Lipinski definition) is 2. The van der Waals surface area contributed by atoms with Crippen LogP contribution < -0.4 is 0 Å². The quantitative estimate of drug-likeness (QED) is 0.286. The van der Waals surface area contributed by atoms with E-state index in [-0.39, 0.29) is 57.4 Å². The van der Waals surface area contributed by atoms with Gasteiger partial charge in [-0.1, -0.05) is 11.3 Å². The maximum atomic E-state index is 10.7. The molecule has 0 aromatic carbocycles. The third kappa shape index (κ3) is 3.84. The van der Waals surface area contributed by atoms with E-state index in [2.05, 4.69) is 5.28 Å². The summed E-state index contributed by atoms with van der Waals surface area (Å²) in [5.74, 6) is 0. The van der Waals surface area contributed by atoms with E-state index in [1.165, 1.54) is 6.42 Å². The van der Waals surface area contributed by atoms with Crippen LogP contribution in [0.1, 0.15) is 32.1 Å². The van der Waals surface area contributed by atoms with Gasteiger partial charge < -0.3 is 10.4 Å². The van der Waals surface area contributed by atoms with Gasteiger partial charge in [0.1, 0.15) is 0 Å². The van der Waals surface area contributed by atoms with Crippen LogP contribution in [0.15, 0.2) is 5.28 Å². The van der Waals surface area contributed by atoms with Gasteiger partial charge in [0.2, 0.25) is 0 Å². The summed E-state index contributed by atoms with van der Waals surface area (Å²) < 4.78 is 0. The Hall–Kier alpha value is 0.836.